The Bertz CT molecular complexity index is 1660. The molecule has 0 bridgehead atoms. The fourth-order valence-corrected chi connectivity index (χ4v) is 4.24. The van der Waals surface area contributed by atoms with Crippen LogP contribution in [0.15, 0.2) is 85.2 Å². The highest BCUT2D eigenvalue weighted by molar-refractivity contribution is 6.09. The van der Waals surface area contributed by atoms with E-state index >= 15 is 0 Å². The number of phenolic OH excluding ortho intramolecular Hbond substituents is 1. The normalized spacial score (nSPS) is 11.4. The van der Waals surface area contributed by atoms with Crippen molar-refractivity contribution >= 4 is 32.8 Å². The highest BCUT2D eigenvalue weighted by Gasteiger charge is 2.15. The number of nitrogens with zero attached hydrogens (tertiary/aromatic N) is 4. The van der Waals surface area contributed by atoms with Crippen molar-refractivity contribution in [1.29, 1.82) is 0 Å². The minimum absolute atomic E-state index is 0.0721. The number of benzene rings is 3. The van der Waals surface area contributed by atoms with Gasteiger partial charge in [0, 0.05) is 23.0 Å². The highest BCUT2D eigenvalue weighted by Crippen LogP contribution is 2.35. The molecule has 6 nitrogen and oxygen atoms in total. The van der Waals surface area contributed by atoms with E-state index in [2.05, 4.69) is 50.7 Å². The molecule has 3 aromatic heterocycles. The Morgan fingerprint density at radius 1 is 0.879 bits per heavy atom. The fourth-order valence-electron chi connectivity index (χ4n) is 4.24. The van der Waals surface area contributed by atoms with Crippen LogP contribution in [0.5, 0.6) is 17.4 Å². The lowest BCUT2D eigenvalue weighted by Gasteiger charge is -2.10. The van der Waals surface area contributed by atoms with Crippen LogP contribution in [0.2, 0.25) is 0 Å². The van der Waals surface area contributed by atoms with Crippen LogP contribution in [0.3, 0.4) is 0 Å². The molecular weight excluding hydrogens is 412 g/mol. The molecule has 6 rings (SSSR count). The van der Waals surface area contributed by atoms with Gasteiger partial charge in [0.1, 0.15) is 22.8 Å². The van der Waals surface area contributed by atoms with Crippen LogP contribution < -0.4 is 4.74 Å². The van der Waals surface area contributed by atoms with E-state index in [0.717, 1.165) is 34.0 Å². The zero-order valence-corrected chi connectivity index (χ0v) is 17.9. The Morgan fingerprint density at radius 3 is 2.67 bits per heavy atom. The van der Waals surface area contributed by atoms with E-state index in [0.29, 0.717) is 22.7 Å². The van der Waals surface area contributed by atoms with Gasteiger partial charge in [-0.3, -0.25) is 4.57 Å². The number of rotatable bonds is 4. The van der Waals surface area contributed by atoms with Crippen molar-refractivity contribution in [2.24, 2.45) is 0 Å². The molecule has 3 aromatic carbocycles. The Morgan fingerprint density at radius 2 is 1.76 bits per heavy atom. The second kappa shape index (κ2) is 7.60. The van der Waals surface area contributed by atoms with Crippen molar-refractivity contribution in [3.63, 3.8) is 0 Å². The van der Waals surface area contributed by atoms with Crippen molar-refractivity contribution in [1.82, 2.24) is 19.5 Å². The Labute approximate surface area is 189 Å². The van der Waals surface area contributed by atoms with Crippen molar-refractivity contribution in [2.75, 3.05) is 0 Å². The maximum atomic E-state index is 10.1. The van der Waals surface area contributed by atoms with Crippen molar-refractivity contribution in [3.05, 3.63) is 90.8 Å². The monoisotopic (exact) mass is 432 g/mol. The van der Waals surface area contributed by atoms with Gasteiger partial charge in [-0.25, -0.2) is 15.0 Å². The molecule has 0 aliphatic heterocycles. The van der Waals surface area contributed by atoms with E-state index in [1.165, 1.54) is 5.56 Å². The first-order valence-electron chi connectivity index (χ1n) is 10.8. The third kappa shape index (κ3) is 3.24. The van der Waals surface area contributed by atoms with Crippen LogP contribution in [0.4, 0.5) is 0 Å². The van der Waals surface area contributed by atoms with Gasteiger partial charge in [-0.05, 0) is 54.4 Å². The average Bonchev–Trinajstić information content (AvgIpc) is 3.18. The molecule has 0 unspecified atom stereocenters. The lowest BCUT2D eigenvalue weighted by atomic mass is 10.1. The standard InChI is InChI=1S/C27H20N4O2/c1-2-17-12-13-28-25(14-17)31-22-8-4-3-6-19(22)20-11-10-18(15-23(20)31)33-26-16-29-21-7-5-9-24(32)27(21)30-26/h3-16,32H,2H2,1H3. The van der Waals surface area contributed by atoms with Gasteiger partial charge in [0.15, 0.2) is 0 Å². The van der Waals surface area contributed by atoms with Crippen molar-refractivity contribution in [2.45, 2.75) is 13.3 Å². The second-order valence-corrected chi connectivity index (χ2v) is 7.86. The summed E-state index contributed by atoms with van der Waals surface area (Å²) in [4.78, 5) is 13.5. The molecule has 0 atom stereocenters. The topological polar surface area (TPSA) is 73.1 Å². The second-order valence-electron chi connectivity index (χ2n) is 7.86. The smallest absolute Gasteiger partial charge is 0.238 e. The average molecular weight is 432 g/mol. The summed E-state index contributed by atoms with van der Waals surface area (Å²) >= 11 is 0. The number of ether oxygens (including phenoxy) is 1. The zero-order chi connectivity index (χ0) is 22.4. The van der Waals surface area contributed by atoms with Gasteiger partial charge < -0.3 is 9.84 Å². The Kier molecular flexibility index (Phi) is 4.43. The van der Waals surface area contributed by atoms with E-state index in [1.807, 2.05) is 36.5 Å². The maximum absolute atomic E-state index is 10.1. The summed E-state index contributed by atoms with van der Waals surface area (Å²) in [6.45, 7) is 2.14. The van der Waals surface area contributed by atoms with Gasteiger partial charge >= 0.3 is 0 Å². The number of para-hydroxylation sites is 2. The third-order valence-corrected chi connectivity index (χ3v) is 5.84. The van der Waals surface area contributed by atoms with Crippen LogP contribution in [-0.2, 0) is 6.42 Å². The van der Waals surface area contributed by atoms with E-state index in [4.69, 9.17) is 4.74 Å². The molecule has 6 heteroatoms. The van der Waals surface area contributed by atoms with E-state index in [-0.39, 0.29) is 5.75 Å². The van der Waals surface area contributed by atoms with E-state index in [1.54, 1.807) is 24.4 Å². The van der Waals surface area contributed by atoms with E-state index < -0.39 is 0 Å². The molecule has 3 heterocycles. The van der Waals surface area contributed by atoms with Gasteiger partial charge in [-0.1, -0.05) is 31.2 Å². The van der Waals surface area contributed by atoms with Crippen molar-refractivity contribution < 1.29 is 9.84 Å². The van der Waals surface area contributed by atoms with E-state index in [9.17, 15) is 5.11 Å². The molecule has 0 radical (unpaired) electrons. The van der Waals surface area contributed by atoms with Gasteiger partial charge in [-0.2, -0.15) is 0 Å². The molecule has 0 aliphatic rings. The maximum Gasteiger partial charge on any atom is 0.238 e. The van der Waals surface area contributed by atoms with Gasteiger partial charge in [0.25, 0.3) is 0 Å². The van der Waals surface area contributed by atoms with Crippen LogP contribution in [0, 0.1) is 0 Å². The first-order chi connectivity index (χ1) is 16.2. The summed E-state index contributed by atoms with van der Waals surface area (Å²) in [7, 11) is 0. The number of aromatic nitrogens is 4. The lowest BCUT2D eigenvalue weighted by Crippen LogP contribution is -1.98. The molecule has 0 aliphatic carbocycles. The molecule has 0 spiro atoms. The summed E-state index contributed by atoms with van der Waals surface area (Å²) in [5.41, 5.74) is 4.32. The number of pyridine rings is 1. The number of aromatic hydroxyl groups is 1. The summed E-state index contributed by atoms with van der Waals surface area (Å²) < 4.78 is 8.22. The quantitative estimate of drug-likeness (QED) is 0.360. The predicted molar refractivity (Wildman–Crippen MR) is 129 cm³/mol. The number of aryl methyl sites for hydroxylation is 1. The SMILES string of the molecule is CCc1ccnc(-n2c3ccccc3c3ccc(Oc4cnc5cccc(O)c5n4)cc32)c1. The summed E-state index contributed by atoms with van der Waals surface area (Å²) in [5, 5.41) is 12.4. The molecule has 0 fully saturated rings. The highest BCUT2D eigenvalue weighted by atomic mass is 16.5. The van der Waals surface area contributed by atoms with Crippen LogP contribution >= 0.6 is 0 Å². The van der Waals surface area contributed by atoms with Crippen molar-refractivity contribution in [3.8, 4) is 23.2 Å². The van der Waals surface area contributed by atoms with Gasteiger partial charge in [-0.15, -0.1) is 0 Å². The number of phenols is 1. The fraction of sp³-hybridized carbons (Fsp3) is 0.0741. The van der Waals surface area contributed by atoms with Gasteiger partial charge in [0.05, 0.1) is 22.7 Å². The first kappa shape index (κ1) is 19.3. The zero-order valence-electron chi connectivity index (χ0n) is 17.9. The molecule has 0 amide bonds. The molecule has 0 saturated carbocycles. The number of hydrogen-bond acceptors (Lipinski definition) is 5. The molecule has 0 saturated heterocycles. The number of fused-ring (bicyclic) bond motifs is 4. The van der Waals surface area contributed by atoms with Crippen LogP contribution in [0.1, 0.15) is 12.5 Å². The molecule has 6 aromatic rings. The third-order valence-electron chi connectivity index (χ3n) is 5.84. The minimum Gasteiger partial charge on any atom is -0.506 e. The van der Waals surface area contributed by atoms with Crippen LogP contribution in [-0.4, -0.2) is 24.6 Å². The molecule has 33 heavy (non-hydrogen) atoms. The summed E-state index contributed by atoms with van der Waals surface area (Å²) in [6, 6.07) is 23.6. The first-order valence-corrected chi connectivity index (χ1v) is 10.8. The molecule has 1 N–H and O–H groups in total. The minimum atomic E-state index is 0.0721. The molecule has 160 valence electrons. The Balaban J connectivity index is 1.51. The van der Waals surface area contributed by atoms with Crippen LogP contribution in [0.25, 0.3) is 38.7 Å². The molecular formula is C27H20N4O2. The Hall–Kier alpha value is -4.45. The van der Waals surface area contributed by atoms with Gasteiger partial charge in [0.2, 0.25) is 5.88 Å². The number of hydrogen-bond donors (Lipinski definition) is 1. The summed E-state index contributed by atoms with van der Waals surface area (Å²) in [6.07, 6.45) is 4.36. The summed E-state index contributed by atoms with van der Waals surface area (Å²) in [5.74, 6) is 1.88. The largest absolute Gasteiger partial charge is 0.506 e. The predicted octanol–water partition coefficient (Wildman–Crippen LogP) is 6.18. The lowest BCUT2D eigenvalue weighted by molar-refractivity contribution is 0.458.